The minimum absolute atomic E-state index is 0.240. The van der Waals surface area contributed by atoms with Gasteiger partial charge in [0.05, 0.1) is 5.56 Å². The van der Waals surface area contributed by atoms with Crippen molar-refractivity contribution in [1.29, 1.82) is 0 Å². The molecule has 0 aromatic heterocycles. The van der Waals surface area contributed by atoms with Crippen LogP contribution >= 0.6 is 0 Å². The highest BCUT2D eigenvalue weighted by Crippen LogP contribution is 2.32. The fourth-order valence-corrected chi connectivity index (χ4v) is 2.11. The van der Waals surface area contributed by atoms with Crippen LogP contribution in [-0.4, -0.2) is 24.9 Å². The number of benzene rings is 2. The van der Waals surface area contributed by atoms with Crippen LogP contribution in [0.1, 0.15) is 21.5 Å². The molecule has 0 aliphatic carbocycles. The largest absolute Gasteiger partial charge is 0.457 e. The number of amides is 1. The number of ether oxygens (including phenoxy) is 1. The standard InChI is InChI=1S/C17H17F3N2O2/c1-22(2)10-12-4-3-11(16(21)23)9-15(12)24-14-7-5-13(6-8-14)17(18,19)20/h3-9H,10H2,1-2H3,(H2,21,23). The molecule has 0 saturated carbocycles. The summed E-state index contributed by atoms with van der Waals surface area (Å²) in [5, 5.41) is 0. The molecule has 0 heterocycles. The predicted octanol–water partition coefficient (Wildman–Crippen LogP) is 3.66. The van der Waals surface area contributed by atoms with E-state index in [9.17, 15) is 18.0 Å². The van der Waals surface area contributed by atoms with Crippen molar-refractivity contribution >= 4 is 5.91 Å². The number of hydrogen-bond donors (Lipinski definition) is 1. The average molecular weight is 338 g/mol. The highest BCUT2D eigenvalue weighted by atomic mass is 19.4. The van der Waals surface area contributed by atoms with Crippen molar-refractivity contribution < 1.29 is 22.7 Å². The normalized spacial score (nSPS) is 11.6. The molecular weight excluding hydrogens is 321 g/mol. The summed E-state index contributed by atoms with van der Waals surface area (Å²) in [4.78, 5) is 13.2. The van der Waals surface area contributed by atoms with Crippen LogP contribution in [0.25, 0.3) is 0 Å². The number of alkyl halides is 3. The Morgan fingerprint density at radius 1 is 1.12 bits per heavy atom. The molecule has 0 radical (unpaired) electrons. The Morgan fingerprint density at radius 3 is 2.25 bits per heavy atom. The summed E-state index contributed by atoms with van der Waals surface area (Å²) in [7, 11) is 3.73. The zero-order chi connectivity index (χ0) is 17.9. The van der Waals surface area contributed by atoms with Gasteiger partial charge in [-0.05, 0) is 50.5 Å². The molecule has 0 saturated heterocycles. The lowest BCUT2D eigenvalue weighted by molar-refractivity contribution is -0.137. The highest BCUT2D eigenvalue weighted by molar-refractivity contribution is 5.93. The monoisotopic (exact) mass is 338 g/mol. The number of carbonyl (C=O) groups excluding carboxylic acids is 1. The third-order valence-corrected chi connectivity index (χ3v) is 3.25. The maximum atomic E-state index is 12.6. The summed E-state index contributed by atoms with van der Waals surface area (Å²) in [5.74, 6) is 0.00746. The molecule has 7 heteroatoms. The van der Waals surface area contributed by atoms with Crippen LogP contribution in [0, 0.1) is 0 Å². The molecule has 0 atom stereocenters. The van der Waals surface area contributed by atoms with E-state index >= 15 is 0 Å². The Balaban J connectivity index is 2.32. The highest BCUT2D eigenvalue weighted by Gasteiger charge is 2.30. The third kappa shape index (κ3) is 4.48. The molecule has 0 bridgehead atoms. The minimum atomic E-state index is -4.40. The second-order valence-electron chi connectivity index (χ2n) is 5.55. The summed E-state index contributed by atoms with van der Waals surface area (Å²) in [6.45, 7) is 0.537. The van der Waals surface area contributed by atoms with Crippen LogP contribution in [-0.2, 0) is 12.7 Å². The molecule has 2 N–H and O–H groups in total. The first-order valence-electron chi connectivity index (χ1n) is 7.09. The van der Waals surface area contributed by atoms with Crippen LogP contribution in [0.3, 0.4) is 0 Å². The van der Waals surface area contributed by atoms with Gasteiger partial charge in [0.15, 0.2) is 0 Å². The zero-order valence-corrected chi connectivity index (χ0v) is 13.2. The molecule has 0 aliphatic heterocycles. The summed E-state index contributed by atoms with van der Waals surface area (Å²) in [5.41, 5.74) is 5.56. The molecule has 24 heavy (non-hydrogen) atoms. The molecule has 2 rings (SSSR count). The van der Waals surface area contributed by atoms with Crippen LogP contribution in [0.2, 0.25) is 0 Å². The number of hydrogen-bond acceptors (Lipinski definition) is 3. The molecule has 2 aromatic rings. The fourth-order valence-electron chi connectivity index (χ4n) is 2.11. The molecule has 0 spiro atoms. The number of rotatable bonds is 5. The van der Waals surface area contributed by atoms with Crippen LogP contribution < -0.4 is 10.5 Å². The number of primary amides is 1. The first kappa shape index (κ1) is 17.8. The van der Waals surface area contributed by atoms with Crippen molar-refractivity contribution in [3.8, 4) is 11.5 Å². The average Bonchev–Trinajstić information content (AvgIpc) is 2.48. The van der Waals surface area contributed by atoms with Crippen molar-refractivity contribution in [2.45, 2.75) is 12.7 Å². The second-order valence-corrected chi connectivity index (χ2v) is 5.55. The molecule has 4 nitrogen and oxygen atoms in total. The topological polar surface area (TPSA) is 55.6 Å². The maximum Gasteiger partial charge on any atom is 0.416 e. The number of halogens is 3. The minimum Gasteiger partial charge on any atom is -0.457 e. The van der Waals surface area contributed by atoms with Gasteiger partial charge < -0.3 is 15.4 Å². The lowest BCUT2D eigenvalue weighted by atomic mass is 10.1. The predicted molar refractivity (Wildman–Crippen MR) is 83.9 cm³/mol. The van der Waals surface area contributed by atoms with Crippen molar-refractivity contribution in [2.75, 3.05) is 14.1 Å². The molecule has 2 aromatic carbocycles. The Hall–Kier alpha value is -2.54. The van der Waals surface area contributed by atoms with E-state index < -0.39 is 17.6 Å². The van der Waals surface area contributed by atoms with Crippen molar-refractivity contribution in [1.82, 2.24) is 4.90 Å². The first-order valence-corrected chi connectivity index (χ1v) is 7.09. The number of nitrogens with zero attached hydrogens (tertiary/aromatic N) is 1. The lowest BCUT2D eigenvalue weighted by Gasteiger charge is -2.16. The molecule has 0 fully saturated rings. The van der Waals surface area contributed by atoms with E-state index in [1.165, 1.54) is 18.2 Å². The first-order chi connectivity index (χ1) is 11.2. The van der Waals surface area contributed by atoms with E-state index in [-0.39, 0.29) is 11.3 Å². The quantitative estimate of drug-likeness (QED) is 0.905. The van der Waals surface area contributed by atoms with Gasteiger partial charge in [-0.15, -0.1) is 0 Å². The Kier molecular flexibility index (Phi) is 5.14. The maximum absolute atomic E-state index is 12.6. The smallest absolute Gasteiger partial charge is 0.416 e. The van der Waals surface area contributed by atoms with E-state index in [0.29, 0.717) is 12.3 Å². The van der Waals surface area contributed by atoms with Crippen molar-refractivity contribution in [3.63, 3.8) is 0 Å². The Bertz CT molecular complexity index is 726. The van der Waals surface area contributed by atoms with Crippen molar-refractivity contribution in [3.05, 3.63) is 59.2 Å². The molecular formula is C17H17F3N2O2. The Morgan fingerprint density at radius 2 is 1.75 bits per heavy atom. The van der Waals surface area contributed by atoms with E-state index in [0.717, 1.165) is 17.7 Å². The third-order valence-electron chi connectivity index (χ3n) is 3.25. The lowest BCUT2D eigenvalue weighted by Crippen LogP contribution is -2.14. The van der Waals surface area contributed by atoms with Gasteiger partial charge in [-0.2, -0.15) is 13.2 Å². The number of carbonyl (C=O) groups is 1. The fraction of sp³-hybridized carbons (Fsp3) is 0.235. The molecule has 0 unspecified atom stereocenters. The van der Waals surface area contributed by atoms with Gasteiger partial charge in [0.1, 0.15) is 11.5 Å². The van der Waals surface area contributed by atoms with Gasteiger partial charge in [0.2, 0.25) is 5.91 Å². The summed E-state index contributed by atoms with van der Waals surface area (Å²) in [6.07, 6.45) is -4.40. The molecule has 128 valence electrons. The SMILES string of the molecule is CN(C)Cc1ccc(C(N)=O)cc1Oc1ccc(C(F)(F)F)cc1. The Labute approximate surface area is 137 Å². The van der Waals surface area contributed by atoms with Gasteiger partial charge in [-0.3, -0.25) is 4.79 Å². The summed E-state index contributed by atoms with van der Waals surface area (Å²) < 4.78 is 43.5. The van der Waals surface area contributed by atoms with Crippen LogP contribution in [0.15, 0.2) is 42.5 Å². The van der Waals surface area contributed by atoms with Gasteiger partial charge >= 0.3 is 6.18 Å². The summed E-state index contributed by atoms with van der Waals surface area (Å²) in [6, 6.07) is 9.13. The van der Waals surface area contributed by atoms with Crippen LogP contribution in [0.5, 0.6) is 11.5 Å². The van der Waals surface area contributed by atoms with E-state index in [4.69, 9.17) is 10.5 Å². The van der Waals surface area contributed by atoms with E-state index in [2.05, 4.69) is 0 Å². The van der Waals surface area contributed by atoms with Gasteiger partial charge in [-0.25, -0.2) is 0 Å². The van der Waals surface area contributed by atoms with E-state index in [1.807, 2.05) is 19.0 Å². The molecule has 1 amide bonds. The number of nitrogens with two attached hydrogens (primary N) is 1. The van der Waals surface area contributed by atoms with Gasteiger partial charge in [0.25, 0.3) is 0 Å². The molecule has 0 aliphatic rings. The van der Waals surface area contributed by atoms with E-state index in [1.54, 1.807) is 12.1 Å². The van der Waals surface area contributed by atoms with Crippen molar-refractivity contribution in [2.24, 2.45) is 5.73 Å². The van der Waals surface area contributed by atoms with Gasteiger partial charge in [-0.1, -0.05) is 6.07 Å². The zero-order valence-electron chi connectivity index (χ0n) is 13.2. The summed E-state index contributed by atoms with van der Waals surface area (Å²) >= 11 is 0. The van der Waals surface area contributed by atoms with Crippen LogP contribution in [0.4, 0.5) is 13.2 Å². The second kappa shape index (κ2) is 6.92. The van der Waals surface area contributed by atoms with Gasteiger partial charge in [0, 0.05) is 17.7 Å².